The third-order valence-electron chi connectivity index (χ3n) is 2.37. The zero-order valence-corrected chi connectivity index (χ0v) is 8.43. The van der Waals surface area contributed by atoms with E-state index in [2.05, 4.69) is 16.8 Å². The van der Waals surface area contributed by atoms with Gasteiger partial charge in [-0.2, -0.15) is 0 Å². The van der Waals surface area contributed by atoms with E-state index >= 15 is 0 Å². The molecule has 1 aliphatic heterocycles. The fraction of sp³-hybridized carbons (Fsp3) is 0.556. The predicted molar refractivity (Wildman–Crippen MR) is 52.2 cm³/mol. The largest absolute Gasteiger partial charge is 0.298 e. The van der Waals surface area contributed by atoms with E-state index in [0.717, 1.165) is 38.0 Å². The van der Waals surface area contributed by atoms with Gasteiger partial charge in [0, 0.05) is 24.4 Å². The molecule has 0 unspecified atom stereocenters. The van der Waals surface area contributed by atoms with Crippen LogP contribution in [-0.2, 0) is 13.0 Å². The van der Waals surface area contributed by atoms with Gasteiger partial charge in [0.2, 0.25) is 0 Å². The lowest BCUT2D eigenvalue weighted by Crippen LogP contribution is -2.29. The van der Waals surface area contributed by atoms with Crippen molar-refractivity contribution >= 4 is 17.6 Å². The Hall–Kier alpha value is -0.740. The van der Waals surface area contributed by atoms with Crippen molar-refractivity contribution in [3.8, 4) is 0 Å². The van der Waals surface area contributed by atoms with Crippen molar-refractivity contribution in [2.45, 2.75) is 19.9 Å². The third-order valence-corrected chi connectivity index (χ3v) is 3.38. The topological polar surface area (TPSA) is 33.2 Å². The van der Waals surface area contributed by atoms with Crippen molar-refractivity contribution < 1.29 is 4.79 Å². The van der Waals surface area contributed by atoms with Crippen molar-refractivity contribution in [3.05, 3.63) is 15.6 Å². The summed E-state index contributed by atoms with van der Waals surface area (Å²) in [5.41, 5.74) is 1.14. The molecule has 4 heteroatoms. The Balaban J connectivity index is 2.24. The molecule has 1 aromatic heterocycles. The molecule has 13 heavy (non-hydrogen) atoms. The Morgan fingerprint density at radius 2 is 2.54 bits per heavy atom. The minimum Gasteiger partial charge on any atom is -0.298 e. The summed E-state index contributed by atoms with van der Waals surface area (Å²) in [5.74, 6) is 0. The van der Waals surface area contributed by atoms with Crippen LogP contribution in [0.4, 0.5) is 0 Å². The molecule has 1 aliphatic rings. The van der Waals surface area contributed by atoms with Gasteiger partial charge in [-0.25, -0.2) is 4.98 Å². The van der Waals surface area contributed by atoms with E-state index in [0.29, 0.717) is 5.01 Å². The van der Waals surface area contributed by atoms with Crippen LogP contribution in [0, 0.1) is 0 Å². The van der Waals surface area contributed by atoms with Crippen LogP contribution in [0.5, 0.6) is 0 Å². The molecule has 0 saturated carbocycles. The van der Waals surface area contributed by atoms with Crippen LogP contribution in [0.15, 0.2) is 0 Å². The quantitative estimate of drug-likeness (QED) is 0.669. The number of rotatable bonds is 2. The average molecular weight is 196 g/mol. The number of hydrogen-bond donors (Lipinski definition) is 0. The van der Waals surface area contributed by atoms with Gasteiger partial charge in [0.1, 0.15) is 0 Å². The van der Waals surface area contributed by atoms with Gasteiger partial charge in [0.05, 0.1) is 5.69 Å². The van der Waals surface area contributed by atoms with Gasteiger partial charge in [-0.15, -0.1) is 11.3 Å². The zero-order chi connectivity index (χ0) is 9.26. The maximum absolute atomic E-state index is 10.5. The third kappa shape index (κ3) is 1.64. The summed E-state index contributed by atoms with van der Waals surface area (Å²) in [4.78, 5) is 18.4. The number of carbonyl (C=O) groups excluding carboxylic acids is 1. The average Bonchev–Trinajstić information content (AvgIpc) is 2.58. The molecular formula is C9H12N2OS. The van der Waals surface area contributed by atoms with Crippen LogP contribution in [0.3, 0.4) is 0 Å². The molecule has 1 aromatic rings. The molecule has 0 saturated heterocycles. The first-order valence-corrected chi connectivity index (χ1v) is 5.31. The molecule has 0 aliphatic carbocycles. The molecule has 0 fully saturated rings. The fourth-order valence-corrected chi connectivity index (χ4v) is 2.56. The van der Waals surface area contributed by atoms with Crippen molar-refractivity contribution in [1.29, 1.82) is 0 Å². The van der Waals surface area contributed by atoms with Gasteiger partial charge in [-0.3, -0.25) is 9.69 Å². The molecule has 0 aromatic carbocycles. The zero-order valence-electron chi connectivity index (χ0n) is 7.62. The van der Waals surface area contributed by atoms with E-state index < -0.39 is 0 Å². The molecule has 0 radical (unpaired) electrons. The van der Waals surface area contributed by atoms with Crippen LogP contribution in [0.1, 0.15) is 27.3 Å². The molecule has 0 N–H and O–H groups in total. The Morgan fingerprint density at radius 1 is 1.69 bits per heavy atom. The smallest absolute Gasteiger partial charge is 0.178 e. The first kappa shape index (κ1) is 8.84. The Kier molecular flexibility index (Phi) is 2.42. The molecule has 3 nitrogen and oxygen atoms in total. The summed E-state index contributed by atoms with van der Waals surface area (Å²) in [6.45, 7) is 5.28. The molecule has 0 amide bonds. The minimum atomic E-state index is 0.628. The number of hydrogen-bond acceptors (Lipinski definition) is 4. The molecule has 2 rings (SSSR count). The maximum Gasteiger partial charge on any atom is 0.178 e. The summed E-state index contributed by atoms with van der Waals surface area (Å²) in [5, 5.41) is 0.628. The molecule has 0 spiro atoms. The number of thiazole rings is 1. The monoisotopic (exact) mass is 196 g/mol. The number of likely N-dealkylation sites (N-methyl/N-ethyl adjacent to an activating group) is 1. The molecular weight excluding hydrogens is 184 g/mol. The van der Waals surface area contributed by atoms with Crippen LogP contribution in [0.25, 0.3) is 0 Å². The van der Waals surface area contributed by atoms with Crippen molar-refractivity contribution in [2.75, 3.05) is 13.1 Å². The van der Waals surface area contributed by atoms with E-state index in [4.69, 9.17) is 0 Å². The summed E-state index contributed by atoms with van der Waals surface area (Å²) in [7, 11) is 0. The summed E-state index contributed by atoms with van der Waals surface area (Å²) in [6.07, 6.45) is 1.84. The summed E-state index contributed by atoms with van der Waals surface area (Å²) < 4.78 is 0. The number of aromatic nitrogens is 1. The van der Waals surface area contributed by atoms with Crippen LogP contribution in [-0.4, -0.2) is 29.3 Å². The van der Waals surface area contributed by atoms with Gasteiger partial charge in [-0.05, 0) is 6.54 Å². The second-order valence-electron chi connectivity index (χ2n) is 3.16. The SMILES string of the molecule is CCN1CCc2nc(C=O)sc2C1. The highest BCUT2D eigenvalue weighted by Crippen LogP contribution is 2.23. The lowest BCUT2D eigenvalue weighted by molar-refractivity contribution is 0.112. The van der Waals surface area contributed by atoms with Gasteiger partial charge in [-0.1, -0.05) is 6.92 Å². The number of fused-ring (bicyclic) bond motifs is 1. The van der Waals surface area contributed by atoms with Crippen LogP contribution < -0.4 is 0 Å². The highest BCUT2D eigenvalue weighted by molar-refractivity contribution is 7.13. The van der Waals surface area contributed by atoms with E-state index in [1.54, 1.807) is 0 Å². The van der Waals surface area contributed by atoms with E-state index in [-0.39, 0.29) is 0 Å². The molecule has 70 valence electrons. The van der Waals surface area contributed by atoms with Crippen LogP contribution >= 0.6 is 11.3 Å². The number of aldehydes is 1. The lowest BCUT2D eigenvalue weighted by atomic mass is 10.2. The Morgan fingerprint density at radius 3 is 3.23 bits per heavy atom. The Labute approximate surface area is 81.4 Å². The normalized spacial score (nSPS) is 17.0. The maximum atomic E-state index is 10.5. The van der Waals surface area contributed by atoms with Gasteiger partial charge >= 0.3 is 0 Å². The van der Waals surface area contributed by atoms with Gasteiger partial charge < -0.3 is 0 Å². The summed E-state index contributed by atoms with van der Waals surface area (Å²) in [6, 6.07) is 0. The van der Waals surface area contributed by atoms with Gasteiger partial charge in [0.25, 0.3) is 0 Å². The van der Waals surface area contributed by atoms with Gasteiger partial charge in [0.15, 0.2) is 11.3 Å². The summed E-state index contributed by atoms with van der Waals surface area (Å²) >= 11 is 1.53. The van der Waals surface area contributed by atoms with E-state index in [9.17, 15) is 4.79 Å². The second kappa shape index (κ2) is 3.55. The van der Waals surface area contributed by atoms with E-state index in [1.165, 1.54) is 16.2 Å². The minimum absolute atomic E-state index is 0.628. The fourth-order valence-electron chi connectivity index (χ4n) is 1.59. The van der Waals surface area contributed by atoms with Crippen molar-refractivity contribution in [1.82, 2.24) is 9.88 Å². The first-order valence-electron chi connectivity index (χ1n) is 4.49. The second-order valence-corrected chi connectivity index (χ2v) is 4.27. The highest BCUT2D eigenvalue weighted by Gasteiger charge is 2.18. The van der Waals surface area contributed by atoms with Crippen molar-refractivity contribution in [2.24, 2.45) is 0 Å². The number of carbonyl (C=O) groups is 1. The Bertz CT molecular complexity index is 321. The van der Waals surface area contributed by atoms with Crippen LogP contribution in [0.2, 0.25) is 0 Å². The van der Waals surface area contributed by atoms with E-state index in [1.807, 2.05) is 0 Å². The number of nitrogens with zero attached hydrogens (tertiary/aromatic N) is 2. The standard InChI is InChI=1S/C9H12N2OS/c1-2-11-4-3-7-8(5-11)13-9(6-12)10-7/h6H,2-5H2,1H3. The van der Waals surface area contributed by atoms with Crippen molar-refractivity contribution in [3.63, 3.8) is 0 Å². The molecule has 0 atom stereocenters. The lowest BCUT2D eigenvalue weighted by Gasteiger charge is -2.23. The predicted octanol–water partition coefficient (Wildman–Crippen LogP) is 1.33. The molecule has 2 heterocycles. The highest BCUT2D eigenvalue weighted by atomic mass is 32.1. The first-order chi connectivity index (χ1) is 6.33. The molecule has 0 bridgehead atoms.